The molecule has 0 spiro atoms. The molecule has 3 aromatic carbocycles. The highest BCUT2D eigenvalue weighted by molar-refractivity contribution is 6.30. The van der Waals surface area contributed by atoms with E-state index in [9.17, 15) is 9.59 Å². The van der Waals surface area contributed by atoms with E-state index in [0.717, 1.165) is 22.0 Å². The molecule has 0 radical (unpaired) electrons. The Labute approximate surface area is 191 Å². The molecule has 0 aliphatic carbocycles. The Morgan fingerprint density at radius 1 is 0.938 bits per heavy atom. The number of anilines is 1. The van der Waals surface area contributed by atoms with Crippen LogP contribution >= 0.6 is 11.6 Å². The smallest absolute Gasteiger partial charge is 0.254 e. The van der Waals surface area contributed by atoms with E-state index in [1.807, 2.05) is 60.3 Å². The van der Waals surface area contributed by atoms with Crippen LogP contribution in [0, 0.1) is 0 Å². The van der Waals surface area contributed by atoms with Crippen molar-refractivity contribution in [1.82, 2.24) is 9.47 Å². The summed E-state index contributed by atoms with van der Waals surface area (Å²) in [6.45, 7) is 0. The number of para-hydroxylation sites is 1. The second-order valence-corrected chi connectivity index (χ2v) is 8.57. The van der Waals surface area contributed by atoms with Crippen LogP contribution in [0.1, 0.15) is 33.4 Å². The average Bonchev–Trinajstić information content (AvgIpc) is 3.12. The van der Waals surface area contributed by atoms with Crippen LogP contribution in [0.3, 0.4) is 0 Å². The summed E-state index contributed by atoms with van der Waals surface area (Å²) in [4.78, 5) is 28.7. The zero-order chi connectivity index (χ0) is 22.4. The molecule has 0 saturated carbocycles. The highest BCUT2D eigenvalue weighted by Gasteiger charge is 2.43. The molecule has 160 valence electrons. The normalized spacial score (nSPS) is 18.0. The Morgan fingerprint density at radius 2 is 1.69 bits per heavy atom. The minimum Gasteiger partial charge on any atom is -0.350 e. The number of nitrogens with one attached hydrogen (secondary N) is 1. The Morgan fingerprint density at radius 3 is 2.50 bits per heavy atom. The van der Waals surface area contributed by atoms with Crippen molar-refractivity contribution in [2.75, 3.05) is 12.4 Å². The Hall–Kier alpha value is -3.57. The highest BCUT2D eigenvalue weighted by Crippen LogP contribution is 2.44. The molecule has 6 heteroatoms. The monoisotopic (exact) mass is 443 g/mol. The van der Waals surface area contributed by atoms with E-state index < -0.39 is 12.0 Å². The zero-order valence-electron chi connectivity index (χ0n) is 17.7. The van der Waals surface area contributed by atoms with Crippen LogP contribution in [0.15, 0.2) is 79.0 Å². The van der Waals surface area contributed by atoms with Crippen molar-refractivity contribution in [1.29, 1.82) is 0 Å². The van der Waals surface area contributed by atoms with Crippen molar-refractivity contribution in [3.63, 3.8) is 0 Å². The maximum Gasteiger partial charge on any atom is 0.254 e. The number of fused-ring (bicyclic) bond motifs is 2. The predicted octanol–water partition coefficient (Wildman–Crippen LogP) is 5.38. The van der Waals surface area contributed by atoms with Gasteiger partial charge in [-0.2, -0.15) is 0 Å². The van der Waals surface area contributed by atoms with E-state index >= 15 is 0 Å². The summed E-state index contributed by atoms with van der Waals surface area (Å²) in [6, 6.07) is 22.0. The van der Waals surface area contributed by atoms with Gasteiger partial charge in [-0.15, -0.1) is 0 Å². The Bertz CT molecular complexity index is 1360. The molecule has 1 N–H and O–H groups in total. The van der Waals surface area contributed by atoms with Crippen molar-refractivity contribution < 1.29 is 9.59 Å². The van der Waals surface area contributed by atoms with Gasteiger partial charge in [-0.05, 0) is 35.9 Å². The van der Waals surface area contributed by atoms with Crippen LogP contribution in [0.5, 0.6) is 0 Å². The molecule has 0 bridgehead atoms. The van der Waals surface area contributed by atoms with Crippen molar-refractivity contribution in [3.05, 3.63) is 101 Å². The van der Waals surface area contributed by atoms with Gasteiger partial charge in [-0.1, -0.05) is 54.1 Å². The quantitative estimate of drug-likeness (QED) is 0.462. The standard InChI is InChI=1S/C26H22ClN3O2/c1-29-15-21(18-10-5-6-13-22(18)29)24-23(25(31)28-17-9-7-8-16(27)14-17)19-11-3-4-12-20(19)26(32)30(24)2/h3-15,23-24H,1-2H3,(H,28,31)/t23-,24+/m0/s1. The number of hydrogen-bond donors (Lipinski definition) is 1. The van der Waals surface area contributed by atoms with Gasteiger partial charge in [0.25, 0.3) is 5.91 Å². The summed E-state index contributed by atoms with van der Waals surface area (Å²) in [6.07, 6.45) is 2.02. The molecular weight excluding hydrogens is 422 g/mol. The van der Waals surface area contributed by atoms with Gasteiger partial charge in [-0.3, -0.25) is 9.59 Å². The number of halogens is 1. The lowest BCUT2D eigenvalue weighted by Crippen LogP contribution is -2.44. The molecule has 0 fully saturated rings. The van der Waals surface area contributed by atoms with Gasteiger partial charge in [-0.25, -0.2) is 0 Å². The first-order valence-corrected chi connectivity index (χ1v) is 10.8. The van der Waals surface area contributed by atoms with Gasteiger partial charge in [0.1, 0.15) is 0 Å². The van der Waals surface area contributed by atoms with Crippen LogP contribution in [0.2, 0.25) is 5.02 Å². The third kappa shape index (κ3) is 3.26. The SMILES string of the molecule is CN1C(=O)c2ccccc2[C@H](C(=O)Nc2cccc(Cl)c2)[C@H]1c1cn(C)c2ccccc12. The van der Waals surface area contributed by atoms with Crippen molar-refractivity contribution in [3.8, 4) is 0 Å². The second kappa shape index (κ2) is 7.84. The lowest BCUT2D eigenvalue weighted by Gasteiger charge is -2.39. The Kier molecular flexibility index (Phi) is 4.98. The summed E-state index contributed by atoms with van der Waals surface area (Å²) < 4.78 is 2.04. The van der Waals surface area contributed by atoms with Crippen LogP contribution < -0.4 is 5.32 Å². The van der Waals surface area contributed by atoms with Gasteiger partial charge in [0.2, 0.25) is 5.91 Å². The molecule has 2 heterocycles. The average molecular weight is 444 g/mol. The maximum atomic E-state index is 13.7. The first kappa shape index (κ1) is 20.3. The molecule has 0 saturated heterocycles. The molecule has 1 aliphatic rings. The van der Waals surface area contributed by atoms with Gasteiger partial charge in [0.05, 0.1) is 12.0 Å². The van der Waals surface area contributed by atoms with E-state index in [0.29, 0.717) is 16.3 Å². The topological polar surface area (TPSA) is 54.3 Å². The van der Waals surface area contributed by atoms with E-state index in [1.165, 1.54) is 0 Å². The number of aryl methyl sites for hydroxylation is 1. The number of hydrogen-bond acceptors (Lipinski definition) is 2. The van der Waals surface area contributed by atoms with Crippen molar-refractivity contribution in [2.24, 2.45) is 7.05 Å². The minimum absolute atomic E-state index is 0.0923. The molecule has 1 aromatic heterocycles. The number of carbonyl (C=O) groups is 2. The number of amides is 2. The molecule has 0 unspecified atom stereocenters. The summed E-state index contributed by atoms with van der Waals surface area (Å²) in [5, 5.41) is 4.59. The fourth-order valence-corrected chi connectivity index (χ4v) is 4.93. The van der Waals surface area contributed by atoms with E-state index in [2.05, 4.69) is 5.32 Å². The zero-order valence-corrected chi connectivity index (χ0v) is 18.5. The minimum atomic E-state index is -0.585. The number of rotatable bonds is 3. The Balaban J connectivity index is 1.68. The number of carbonyl (C=O) groups excluding carboxylic acids is 2. The highest BCUT2D eigenvalue weighted by atomic mass is 35.5. The van der Waals surface area contributed by atoms with Gasteiger partial charge in [0.15, 0.2) is 0 Å². The summed E-state index contributed by atoms with van der Waals surface area (Å²) in [7, 11) is 3.75. The number of likely N-dealkylation sites (N-methyl/N-ethyl adjacent to an activating group) is 1. The fourth-order valence-electron chi connectivity index (χ4n) is 4.74. The van der Waals surface area contributed by atoms with E-state index in [4.69, 9.17) is 11.6 Å². The van der Waals surface area contributed by atoms with Crippen LogP contribution in [-0.2, 0) is 11.8 Å². The third-order valence-corrected chi connectivity index (χ3v) is 6.44. The molecule has 1 aliphatic heterocycles. The summed E-state index contributed by atoms with van der Waals surface area (Å²) in [5.74, 6) is -0.860. The molecular formula is C26H22ClN3O2. The summed E-state index contributed by atoms with van der Waals surface area (Å²) in [5.41, 5.74) is 3.90. The maximum absolute atomic E-state index is 13.7. The second-order valence-electron chi connectivity index (χ2n) is 8.14. The molecule has 5 nitrogen and oxygen atoms in total. The first-order chi connectivity index (χ1) is 15.5. The predicted molar refractivity (Wildman–Crippen MR) is 127 cm³/mol. The largest absolute Gasteiger partial charge is 0.350 e. The van der Waals surface area contributed by atoms with Crippen molar-refractivity contribution in [2.45, 2.75) is 12.0 Å². The third-order valence-electron chi connectivity index (χ3n) is 6.20. The van der Waals surface area contributed by atoms with E-state index in [-0.39, 0.29) is 11.8 Å². The van der Waals surface area contributed by atoms with Crippen molar-refractivity contribution >= 4 is 40.0 Å². The fraction of sp³-hybridized carbons (Fsp3) is 0.154. The lowest BCUT2D eigenvalue weighted by atomic mass is 9.79. The van der Waals surface area contributed by atoms with Gasteiger partial charge >= 0.3 is 0 Å². The molecule has 5 rings (SSSR count). The lowest BCUT2D eigenvalue weighted by molar-refractivity contribution is -0.119. The van der Waals surface area contributed by atoms with Crippen LogP contribution in [0.4, 0.5) is 5.69 Å². The molecule has 32 heavy (non-hydrogen) atoms. The molecule has 2 amide bonds. The van der Waals surface area contributed by atoms with Gasteiger partial charge < -0.3 is 14.8 Å². The molecule has 2 atom stereocenters. The molecule has 4 aromatic rings. The number of benzene rings is 3. The van der Waals surface area contributed by atoms with Crippen LogP contribution in [-0.4, -0.2) is 28.3 Å². The van der Waals surface area contributed by atoms with E-state index in [1.54, 1.807) is 42.3 Å². The van der Waals surface area contributed by atoms with Crippen LogP contribution in [0.25, 0.3) is 10.9 Å². The number of nitrogens with zero attached hydrogens (tertiary/aromatic N) is 2. The summed E-state index contributed by atoms with van der Waals surface area (Å²) >= 11 is 6.12. The first-order valence-electron chi connectivity index (χ1n) is 10.4. The van der Waals surface area contributed by atoms with Gasteiger partial charge in [0, 0.05) is 53.0 Å². The number of aromatic nitrogens is 1.